The molecule has 0 atom stereocenters. The minimum atomic E-state index is -2.28. The molecule has 2 aliphatic rings. The number of rotatable bonds is 6. The van der Waals surface area contributed by atoms with Crippen molar-refractivity contribution in [2.45, 2.75) is 43.6 Å². The van der Waals surface area contributed by atoms with Crippen molar-refractivity contribution in [2.24, 2.45) is 4.99 Å². The molecule has 27 heavy (non-hydrogen) atoms. The predicted octanol–water partition coefficient (Wildman–Crippen LogP) is 3.37. The zero-order chi connectivity index (χ0) is 18.6. The molecule has 0 unspecified atom stereocenters. The van der Waals surface area contributed by atoms with Crippen molar-refractivity contribution in [3.8, 4) is 0 Å². The second kappa shape index (κ2) is 9.95. The van der Waals surface area contributed by atoms with Crippen molar-refractivity contribution in [3.05, 3.63) is 35.6 Å². The third kappa shape index (κ3) is 5.97. The molecule has 2 N–H and O–H groups in total. The minimum Gasteiger partial charge on any atom is -0.356 e. The molecule has 0 aromatic heterocycles. The Morgan fingerprint density at radius 3 is 2.48 bits per heavy atom. The Kier molecular flexibility index (Phi) is 8.20. The van der Waals surface area contributed by atoms with Gasteiger partial charge in [0.15, 0.2) is 5.96 Å². The van der Waals surface area contributed by atoms with Crippen molar-refractivity contribution in [1.29, 1.82) is 0 Å². The van der Waals surface area contributed by atoms with E-state index in [1.54, 1.807) is 18.0 Å². The van der Waals surface area contributed by atoms with Gasteiger partial charge in [-0.1, -0.05) is 18.2 Å². The largest absolute Gasteiger partial charge is 0.356 e. The molecule has 1 aliphatic carbocycles. The summed E-state index contributed by atoms with van der Waals surface area (Å²) in [4.78, 5) is 6.07. The molecule has 1 aromatic rings. The first kappa shape index (κ1) is 22.3. The number of aliphatic imine (C=N–C) groups is 1. The smallest absolute Gasteiger partial charge is 0.251 e. The fourth-order valence-corrected chi connectivity index (χ4v) is 3.68. The van der Waals surface area contributed by atoms with E-state index < -0.39 is 6.43 Å². The quantitative estimate of drug-likeness (QED) is 0.361. The molecule has 4 nitrogen and oxygen atoms in total. The first-order valence-electron chi connectivity index (χ1n) is 9.25. The lowest BCUT2D eigenvalue weighted by molar-refractivity contribution is 0.0744. The summed E-state index contributed by atoms with van der Waals surface area (Å²) in [5.41, 5.74) is 0.618. The van der Waals surface area contributed by atoms with Crippen molar-refractivity contribution < 1.29 is 13.2 Å². The van der Waals surface area contributed by atoms with E-state index in [-0.39, 0.29) is 47.8 Å². The highest BCUT2D eigenvalue weighted by Gasteiger charge is 2.45. The number of hydrogen-bond donors (Lipinski definition) is 2. The van der Waals surface area contributed by atoms with Crippen molar-refractivity contribution in [1.82, 2.24) is 15.5 Å². The van der Waals surface area contributed by atoms with Crippen LogP contribution in [0.3, 0.4) is 0 Å². The predicted molar refractivity (Wildman–Crippen MR) is 113 cm³/mol. The number of benzene rings is 1. The average Bonchev–Trinajstić information content (AvgIpc) is 3.41. The first-order chi connectivity index (χ1) is 12.5. The molecule has 0 bridgehead atoms. The number of guanidine groups is 1. The summed E-state index contributed by atoms with van der Waals surface area (Å²) in [5, 5.41) is 6.70. The van der Waals surface area contributed by atoms with Crippen LogP contribution < -0.4 is 10.6 Å². The Labute approximate surface area is 176 Å². The molecule has 8 heteroatoms. The van der Waals surface area contributed by atoms with E-state index in [9.17, 15) is 13.2 Å². The maximum absolute atomic E-state index is 14.1. The number of halogens is 4. The Balaban J connectivity index is 0.00000261. The second-order valence-corrected chi connectivity index (χ2v) is 7.30. The number of nitrogens with zero attached hydrogens (tertiary/aromatic N) is 2. The van der Waals surface area contributed by atoms with Gasteiger partial charge in [-0.3, -0.25) is 9.89 Å². The summed E-state index contributed by atoms with van der Waals surface area (Å²) in [6, 6.07) is 7.18. The number of nitrogens with one attached hydrogen (secondary N) is 2. The van der Waals surface area contributed by atoms with E-state index in [0.717, 1.165) is 31.2 Å². The van der Waals surface area contributed by atoms with Gasteiger partial charge in [0.1, 0.15) is 5.82 Å². The lowest BCUT2D eigenvalue weighted by Gasteiger charge is -2.33. The van der Waals surface area contributed by atoms with Crippen LogP contribution in [0.1, 0.15) is 31.2 Å². The summed E-state index contributed by atoms with van der Waals surface area (Å²) in [7, 11) is 1.71. The topological polar surface area (TPSA) is 39.7 Å². The lowest BCUT2D eigenvalue weighted by atomic mass is 9.95. The summed E-state index contributed by atoms with van der Waals surface area (Å²) >= 11 is 0. The van der Waals surface area contributed by atoms with E-state index in [2.05, 4.69) is 15.6 Å². The van der Waals surface area contributed by atoms with Crippen molar-refractivity contribution in [3.63, 3.8) is 0 Å². The van der Waals surface area contributed by atoms with Crippen LogP contribution in [0.2, 0.25) is 0 Å². The standard InChI is InChI=1S/C19H27F3N4.HI/c1-23-18(25-14-6-10-26(11-7-14)12-17(21)22)24-13-19(8-9-19)15-4-2-3-5-16(15)20;/h2-5,14,17H,6-13H2,1H3,(H2,23,24,25);1H. The van der Waals surface area contributed by atoms with Crippen molar-refractivity contribution in [2.75, 3.05) is 33.2 Å². The molecule has 0 spiro atoms. The van der Waals surface area contributed by atoms with Gasteiger partial charge < -0.3 is 10.6 Å². The number of hydrogen-bond acceptors (Lipinski definition) is 2. The van der Waals surface area contributed by atoms with Gasteiger partial charge in [0.2, 0.25) is 0 Å². The van der Waals surface area contributed by atoms with Crippen LogP contribution in [0.25, 0.3) is 0 Å². The van der Waals surface area contributed by atoms with Gasteiger partial charge in [0, 0.05) is 38.1 Å². The monoisotopic (exact) mass is 496 g/mol. The molecule has 0 amide bonds. The van der Waals surface area contributed by atoms with Gasteiger partial charge in [-0.25, -0.2) is 13.2 Å². The number of likely N-dealkylation sites (tertiary alicyclic amines) is 1. The number of piperidine rings is 1. The van der Waals surface area contributed by atoms with Crippen LogP contribution in [0.15, 0.2) is 29.3 Å². The van der Waals surface area contributed by atoms with Crippen LogP contribution in [0.4, 0.5) is 13.2 Å². The molecule has 1 aromatic carbocycles. The molecule has 1 heterocycles. The van der Waals surface area contributed by atoms with Crippen LogP contribution in [-0.2, 0) is 5.41 Å². The average molecular weight is 496 g/mol. The fourth-order valence-electron chi connectivity index (χ4n) is 3.68. The maximum Gasteiger partial charge on any atom is 0.251 e. The third-order valence-electron chi connectivity index (χ3n) is 5.44. The van der Waals surface area contributed by atoms with Gasteiger partial charge in [0.25, 0.3) is 6.43 Å². The molecule has 0 radical (unpaired) electrons. The second-order valence-electron chi connectivity index (χ2n) is 7.30. The van der Waals surface area contributed by atoms with Crippen LogP contribution in [-0.4, -0.2) is 56.6 Å². The molecule has 1 saturated heterocycles. The van der Waals surface area contributed by atoms with Crippen LogP contribution >= 0.6 is 24.0 Å². The molecule has 3 rings (SSSR count). The first-order valence-corrected chi connectivity index (χ1v) is 9.25. The van der Waals surface area contributed by atoms with E-state index in [0.29, 0.717) is 25.6 Å². The highest BCUT2D eigenvalue weighted by atomic mass is 127. The van der Waals surface area contributed by atoms with Gasteiger partial charge in [-0.2, -0.15) is 0 Å². The van der Waals surface area contributed by atoms with Gasteiger partial charge in [-0.15, -0.1) is 24.0 Å². The highest BCUT2D eigenvalue weighted by Crippen LogP contribution is 2.48. The Hall–Kier alpha value is -1.03. The van der Waals surface area contributed by atoms with E-state index in [4.69, 9.17) is 0 Å². The highest BCUT2D eigenvalue weighted by molar-refractivity contribution is 14.0. The van der Waals surface area contributed by atoms with E-state index >= 15 is 0 Å². The SMILES string of the molecule is CN=C(NCC1(c2ccccc2F)CC1)NC1CCN(CC(F)F)CC1.I. The third-order valence-corrected chi connectivity index (χ3v) is 5.44. The molecular weight excluding hydrogens is 468 g/mol. The summed E-state index contributed by atoms with van der Waals surface area (Å²) in [6.45, 7) is 1.82. The molecule has 2 fully saturated rings. The molecule has 152 valence electrons. The van der Waals surface area contributed by atoms with Crippen molar-refractivity contribution >= 4 is 29.9 Å². The fraction of sp³-hybridized carbons (Fsp3) is 0.632. The maximum atomic E-state index is 14.1. The van der Waals surface area contributed by atoms with Crippen LogP contribution in [0.5, 0.6) is 0 Å². The molecular formula is C19H28F3IN4. The zero-order valence-corrected chi connectivity index (χ0v) is 17.9. The summed E-state index contributed by atoms with van der Waals surface area (Å²) < 4.78 is 39.0. The lowest BCUT2D eigenvalue weighted by Crippen LogP contribution is -2.50. The van der Waals surface area contributed by atoms with Gasteiger partial charge in [0.05, 0.1) is 6.54 Å². The normalized spacial score (nSPS) is 20.3. The van der Waals surface area contributed by atoms with Gasteiger partial charge >= 0.3 is 0 Å². The van der Waals surface area contributed by atoms with Crippen LogP contribution in [0, 0.1) is 5.82 Å². The van der Waals surface area contributed by atoms with Gasteiger partial charge in [-0.05, 0) is 37.3 Å². The minimum absolute atomic E-state index is 0. The summed E-state index contributed by atoms with van der Waals surface area (Å²) in [6.07, 6.45) is 1.27. The summed E-state index contributed by atoms with van der Waals surface area (Å²) in [5.74, 6) is 0.543. The number of alkyl halides is 2. The Morgan fingerprint density at radius 2 is 1.93 bits per heavy atom. The van der Waals surface area contributed by atoms with E-state index in [1.165, 1.54) is 6.07 Å². The Bertz CT molecular complexity index is 629. The zero-order valence-electron chi connectivity index (χ0n) is 15.6. The van der Waals surface area contributed by atoms with E-state index in [1.807, 2.05) is 12.1 Å². The molecule has 1 saturated carbocycles. The molecule has 1 aliphatic heterocycles. The Morgan fingerprint density at radius 1 is 1.26 bits per heavy atom.